The smallest absolute Gasteiger partial charge is 0.293 e. The molecule has 0 aromatic heterocycles. The molecule has 6 nitrogen and oxygen atoms in total. The number of thioether (sulfide) groups is 1. The average molecular weight is 479 g/mol. The molecule has 3 amide bonds. The van der Waals surface area contributed by atoms with Crippen LogP contribution in [0.2, 0.25) is 5.02 Å². The van der Waals surface area contributed by atoms with Gasteiger partial charge in [-0.25, -0.2) is 0 Å². The third-order valence-electron chi connectivity index (χ3n) is 4.73. The van der Waals surface area contributed by atoms with Gasteiger partial charge < -0.3 is 10.1 Å². The second-order valence-electron chi connectivity index (χ2n) is 7.14. The number of hydrogen-bond donors (Lipinski definition) is 1. The zero-order chi connectivity index (χ0) is 23.2. The van der Waals surface area contributed by atoms with E-state index < -0.39 is 0 Å². The number of carbonyl (C=O) groups excluding carboxylic acids is 3. The number of hydrogen-bond acceptors (Lipinski definition) is 5. The van der Waals surface area contributed by atoms with Crippen LogP contribution in [0.1, 0.15) is 11.1 Å². The van der Waals surface area contributed by atoms with Crippen molar-refractivity contribution >= 4 is 52.2 Å². The molecular weight excluding hydrogens is 460 g/mol. The Labute approximate surface area is 200 Å². The van der Waals surface area contributed by atoms with Gasteiger partial charge in [-0.2, -0.15) is 0 Å². The van der Waals surface area contributed by atoms with E-state index in [1.165, 1.54) is 4.90 Å². The maximum absolute atomic E-state index is 12.9. The number of benzene rings is 3. The SMILES string of the molecule is O=C(COc1ccccc1/C=C1\SC(=O)N(Cc2cccc(Cl)c2)C1=O)Nc1ccccc1. The molecule has 1 fully saturated rings. The molecule has 3 aromatic carbocycles. The Morgan fingerprint density at radius 1 is 1.00 bits per heavy atom. The van der Waals surface area contributed by atoms with Gasteiger partial charge in [0.1, 0.15) is 5.75 Å². The monoisotopic (exact) mass is 478 g/mol. The molecule has 1 N–H and O–H groups in total. The van der Waals surface area contributed by atoms with Gasteiger partial charge in [0.05, 0.1) is 11.4 Å². The highest BCUT2D eigenvalue weighted by Crippen LogP contribution is 2.35. The van der Waals surface area contributed by atoms with Gasteiger partial charge in [0.15, 0.2) is 6.61 Å². The number of nitrogens with one attached hydrogen (secondary N) is 1. The molecule has 0 spiro atoms. The number of amides is 3. The van der Waals surface area contributed by atoms with Crippen LogP contribution in [-0.2, 0) is 16.1 Å². The van der Waals surface area contributed by atoms with Gasteiger partial charge in [0.2, 0.25) is 0 Å². The van der Waals surface area contributed by atoms with Crippen LogP contribution >= 0.6 is 23.4 Å². The molecule has 0 aliphatic carbocycles. The van der Waals surface area contributed by atoms with Crippen molar-refractivity contribution in [2.75, 3.05) is 11.9 Å². The quantitative estimate of drug-likeness (QED) is 0.448. The van der Waals surface area contributed by atoms with Crippen LogP contribution in [0.4, 0.5) is 10.5 Å². The Balaban J connectivity index is 1.45. The van der Waals surface area contributed by atoms with E-state index in [4.69, 9.17) is 16.3 Å². The number of carbonyl (C=O) groups is 3. The average Bonchev–Trinajstić information content (AvgIpc) is 3.06. The zero-order valence-electron chi connectivity index (χ0n) is 17.4. The number of rotatable bonds is 7. The fourth-order valence-corrected chi connectivity index (χ4v) is 4.23. The van der Waals surface area contributed by atoms with Gasteiger partial charge in [-0.05, 0) is 53.7 Å². The first-order valence-electron chi connectivity index (χ1n) is 10.1. The maximum Gasteiger partial charge on any atom is 0.293 e. The summed E-state index contributed by atoms with van der Waals surface area (Å²) in [6.45, 7) is -0.0592. The number of halogens is 1. The molecule has 0 unspecified atom stereocenters. The summed E-state index contributed by atoms with van der Waals surface area (Å²) in [5.74, 6) is -0.262. The van der Waals surface area contributed by atoms with Crippen LogP contribution < -0.4 is 10.1 Å². The van der Waals surface area contributed by atoms with E-state index in [9.17, 15) is 14.4 Å². The molecule has 1 aliphatic heterocycles. The summed E-state index contributed by atoms with van der Waals surface area (Å²) in [7, 11) is 0. The largest absolute Gasteiger partial charge is 0.483 e. The summed E-state index contributed by atoms with van der Waals surface area (Å²) in [5, 5.41) is 2.94. The Bertz CT molecular complexity index is 1230. The Hall–Kier alpha value is -3.55. The third kappa shape index (κ3) is 5.83. The second-order valence-corrected chi connectivity index (χ2v) is 8.57. The lowest BCUT2D eigenvalue weighted by atomic mass is 10.1. The molecule has 166 valence electrons. The van der Waals surface area contributed by atoms with Crippen molar-refractivity contribution in [2.24, 2.45) is 0 Å². The molecule has 4 rings (SSSR count). The van der Waals surface area contributed by atoms with Crippen LogP contribution in [0.15, 0.2) is 83.8 Å². The summed E-state index contributed by atoms with van der Waals surface area (Å²) in [6, 6.07) is 23.1. The Morgan fingerprint density at radius 3 is 2.55 bits per heavy atom. The molecule has 3 aromatic rings. The van der Waals surface area contributed by atoms with E-state index in [0.717, 1.165) is 17.3 Å². The fraction of sp³-hybridized carbons (Fsp3) is 0.0800. The number of ether oxygens (including phenoxy) is 1. The van der Waals surface area contributed by atoms with Crippen molar-refractivity contribution in [2.45, 2.75) is 6.54 Å². The van der Waals surface area contributed by atoms with Crippen LogP contribution in [0.5, 0.6) is 5.75 Å². The fourth-order valence-electron chi connectivity index (χ4n) is 3.19. The minimum atomic E-state index is -0.387. The van der Waals surface area contributed by atoms with Crippen LogP contribution in [0, 0.1) is 0 Å². The lowest BCUT2D eigenvalue weighted by Crippen LogP contribution is -2.27. The second kappa shape index (κ2) is 10.4. The molecule has 8 heteroatoms. The Morgan fingerprint density at radius 2 is 1.76 bits per heavy atom. The van der Waals surface area contributed by atoms with Crippen molar-refractivity contribution in [3.05, 3.63) is 99.9 Å². The molecule has 0 bridgehead atoms. The third-order valence-corrected chi connectivity index (χ3v) is 5.87. The van der Waals surface area contributed by atoms with Gasteiger partial charge in [0.25, 0.3) is 17.1 Å². The van der Waals surface area contributed by atoms with Crippen LogP contribution in [0.25, 0.3) is 6.08 Å². The molecule has 1 heterocycles. The van der Waals surface area contributed by atoms with Gasteiger partial charge in [-0.3, -0.25) is 19.3 Å². The summed E-state index contributed by atoms with van der Waals surface area (Å²) in [6.07, 6.45) is 1.60. The van der Waals surface area contributed by atoms with Crippen molar-refractivity contribution < 1.29 is 19.1 Å². The van der Waals surface area contributed by atoms with Crippen molar-refractivity contribution in [3.8, 4) is 5.75 Å². The summed E-state index contributed by atoms with van der Waals surface area (Å²) in [5.41, 5.74) is 2.03. The molecule has 0 atom stereocenters. The molecule has 0 radical (unpaired) electrons. The summed E-state index contributed by atoms with van der Waals surface area (Å²) < 4.78 is 5.69. The molecule has 1 aliphatic rings. The summed E-state index contributed by atoms with van der Waals surface area (Å²) in [4.78, 5) is 39.0. The number of anilines is 1. The molecule has 0 saturated carbocycles. The zero-order valence-corrected chi connectivity index (χ0v) is 18.9. The highest BCUT2D eigenvalue weighted by molar-refractivity contribution is 8.18. The van der Waals surface area contributed by atoms with E-state index in [1.807, 2.05) is 24.3 Å². The van der Waals surface area contributed by atoms with Gasteiger partial charge in [-0.15, -0.1) is 0 Å². The van der Waals surface area contributed by atoms with E-state index in [0.29, 0.717) is 22.0 Å². The molecule has 1 saturated heterocycles. The summed E-state index contributed by atoms with van der Waals surface area (Å²) >= 11 is 6.87. The van der Waals surface area contributed by atoms with Gasteiger partial charge >= 0.3 is 0 Å². The van der Waals surface area contributed by atoms with Gasteiger partial charge in [-0.1, -0.05) is 60.1 Å². The minimum absolute atomic E-state index is 0.139. The lowest BCUT2D eigenvalue weighted by Gasteiger charge is -2.12. The number of imide groups is 1. The number of nitrogens with zero attached hydrogens (tertiary/aromatic N) is 1. The van der Waals surface area contributed by atoms with Crippen molar-refractivity contribution in [1.29, 1.82) is 0 Å². The first-order chi connectivity index (χ1) is 16.0. The first kappa shape index (κ1) is 22.6. The standard InChI is InChI=1S/C25H19ClN2O4S/c26-19-9-6-7-17(13-19)15-28-24(30)22(33-25(28)31)14-18-8-4-5-12-21(18)32-16-23(29)27-20-10-2-1-3-11-20/h1-14H,15-16H2,(H,27,29)/b22-14-. The van der Waals surface area contributed by atoms with Crippen molar-refractivity contribution in [1.82, 2.24) is 4.90 Å². The first-order valence-corrected chi connectivity index (χ1v) is 11.3. The minimum Gasteiger partial charge on any atom is -0.483 e. The molecule has 33 heavy (non-hydrogen) atoms. The highest BCUT2D eigenvalue weighted by atomic mass is 35.5. The lowest BCUT2D eigenvalue weighted by molar-refractivity contribution is -0.123. The molecular formula is C25H19ClN2O4S. The van der Waals surface area contributed by atoms with Gasteiger partial charge in [0, 0.05) is 16.3 Å². The number of para-hydroxylation sites is 2. The van der Waals surface area contributed by atoms with E-state index in [-0.39, 0.29) is 35.1 Å². The van der Waals surface area contributed by atoms with Crippen molar-refractivity contribution in [3.63, 3.8) is 0 Å². The van der Waals surface area contributed by atoms with E-state index in [2.05, 4.69) is 5.32 Å². The van der Waals surface area contributed by atoms with Crippen LogP contribution in [-0.4, -0.2) is 28.6 Å². The van der Waals surface area contributed by atoms with E-state index in [1.54, 1.807) is 60.7 Å². The predicted molar refractivity (Wildman–Crippen MR) is 130 cm³/mol. The predicted octanol–water partition coefficient (Wildman–Crippen LogP) is 5.59. The highest BCUT2D eigenvalue weighted by Gasteiger charge is 2.35. The normalized spacial score (nSPS) is 14.6. The Kier molecular flexibility index (Phi) is 7.12. The maximum atomic E-state index is 12.9. The van der Waals surface area contributed by atoms with E-state index >= 15 is 0 Å². The van der Waals surface area contributed by atoms with Crippen LogP contribution in [0.3, 0.4) is 0 Å². The topological polar surface area (TPSA) is 75.7 Å².